The molecule has 0 amide bonds. The summed E-state index contributed by atoms with van der Waals surface area (Å²) in [6, 6.07) is 4.86. The summed E-state index contributed by atoms with van der Waals surface area (Å²) in [6.45, 7) is 0. The molecule has 82 valence electrons. The number of esters is 1. The van der Waals surface area contributed by atoms with E-state index in [1.54, 1.807) is 18.2 Å². The van der Waals surface area contributed by atoms with Crippen LogP contribution in [0.2, 0.25) is 0 Å². The lowest BCUT2D eigenvalue weighted by molar-refractivity contribution is -0.142. The van der Waals surface area contributed by atoms with Gasteiger partial charge in [-0.05, 0) is 22.0 Å². The molecule has 0 saturated heterocycles. The van der Waals surface area contributed by atoms with Gasteiger partial charge >= 0.3 is 5.97 Å². The minimum Gasteiger partial charge on any atom is -0.506 e. The number of benzene rings is 1. The third-order valence-corrected chi connectivity index (χ3v) is 2.60. The zero-order valence-corrected chi connectivity index (χ0v) is 9.69. The van der Waals surface area contributed by atoms with Gasteiger partial charge < -0.3 is 14.9 Å². The van der Waals surface area contributed by atoms with E-state index in [0.717, 1.165) is 0 Å². The summed E-state index contributed by atoms with van der Waals surface area (Å²) < 4.78 is 4.90. The summed E-state index contributed by atoms with van der Waals surface area (Å²) in [5, 5.41) is 19.2. The van der Waals surface area contributed by atoms with Gasteiger partial charge in [0.15, 0.2) is 0 Å². The third kappa shape index (κ3) is 2.94. The lowest BCUT2D eigenvalue weighted by Gasteiger charge is -2.11. The second-order valence-corrected chi connectivity index (χ2v) is 3.83. The Morgan fingerprint density at radius 2 is 2.27 bits per heavy atom. The molecular formula is C10H11BrO4. The van der Waals surface area contributed by atoms with Gasteiger partial charge in [-0.3, -0.25) is 4.79 Å². The zero-order valence-electron chi connectivity index (χ0n) is 8.11. The van der Waals surface area contributed by atoms with Crippen molar-refractivity contribution in [2.75, 3.05) is 7.11 Å². The highest BCUT2D eigenvalue weighted by Crippen LogP contribution is 2.32. The number of halogens is 1. The van der Waals surface area contributed by atoms with Crippen molar-refractivity contribution in [2.24, 2.45) is 0 Å². The van der Waals surface area contributed by atoms with Gasteiger partial charge in [0.05, 0.1) is 24.1 Å². The van der Waals surface area contributed by atoms with E-state index in [2.05, 4.69) is 20.7 Å². The first kappa shape index (κ1) is 12.0. The molecule has 0 spiro atoms. The maximum absolute atomic E-state index is 10.9. The number of rotatable bonds is 3. The molecule has 0 aliphatic rings. The lowest BCUT2D eigenvalue weighted by atomic mass is 10.1. The van der Waals surface area contributed by atoms with Crippen LogP contribution < -0.4 is 0 Å². The van der Waals surface area contributed by atoms with Gasteiger partial charge in [0.1, 0.15) is 5.75 Å². The van der Waals surface area contributed by atoms with Gasteiger partial charge in [-0.15, -0.1) is 0 Å². The Balaban J connectivity index is 2.86. The summed E-state index contributed by atoms with van der Waals surface area (Å²) in [5.41, 5.74) is 0.301. The van der Waals surface area contributed by atoms with Crippen molar-refractivity contribution in [3.8, 4) is 5.75 Å². The quantitative estimate of drug-likeness (QED) is 0.825. The highest BCUT2D eigenvalue weighted by atomic mass is 79.9. The Bertz CT molecular complexity index is 364. The molecule has 0 aliphatic heterocycles. The molecule has 0 aromatic heterocycles. The molecular weight excluding hydrogens is 264 g/mol. The number of phenols is 1. The predicted molar refractivity (Wildman–Crippen MR) is 57.4 cm³/mol. The van der Waals surface area contributed by atoms with E-state index in [-0.39, 0.29) is 12.2 Å². The number of aliphatic hydroxyl groups is 1. The molecule has 2 N–H and O–H groups in total. The van der Waals surface area contributed by atoms with Crippen LogP contribution in [0.15, 0.2) is 22.7 Å². The van der Waals surface area contributed by atoms with E-state index in [1.807, 2.05) is 0 Å². The van der Waals surface area contributed by atoms with Gasteiger partial charge in [0.25, 0.3) is 0 Å². The van der Waals surface area contributed by atoms with E-state index in [0.29, 0.717) is 10.0 Å². The summed E-state index contributed by atoms with van der Waals surface area (Å²) in [4.78, 5) is 10.9. The van der Waals surface area contributed by atoms with E-state index in [1.165, 1.54) is 7.11 Å². The summed E-state index contributed by atoms with van der Waals surface area (Å²) >= 11 is 3.12. The molecule has 0 bridgehead atoms. The maximum Gasteiger partial charge on any atom is 0.308 e. The Hall–Kier alpha value is -1.07. The first-order valence-electron chi connectivity index (χ1n) is 4.28. The van der Waals surface area contributed by atoms with Crippen LogP contribution in [0.25, 0.3) is 0 Å². The van der Waals surface area contributed by atoms with Crippen LogP contribution in [-0.4, -0.2) is 23.3 Å². The molecule has 1 atom stereocenters. The second kappa shape index (κ2) is 5.14. The maximum atomic E-state index is 10.9. The highest BCUT2D eigenvalue weighted by Gasteiger charge is 2.17. The number of hydrogen-bond donors (Lipinski definition) is 2. The molecule has 1 rings (SSSR count). The zero-order chi connectivity index (χ0) is 11.4. The van der Waals surface area contributed by atoms with Crippen molar-refractivity contribution in [3.05, 3.63) is 28.2 Å². The van der Waals surface area contributed by atoms with Crippen molar-refractivity contribution < 1.29 is 19.7 Å². The van der Waals surface area contributed by atoms with Crippen molar-refractivity contribution >= 4 is 21.9 Å². The first-order valence-corrected chi connectivity index (χ1v) is 5.07. The van der Waals surface area contributed by atoms with Crippen LogP contribution in [0.5, 0.6) is 5.75 Å². The lowest BCUT2D eigenvalue weighted by Crippen LogP contribution is -2.08. The molecule has 1 aromatic rings. The Labute approximate surface area is 95.6 Å². The minimum atomic E-state index is -1.06. The molecule has 4 nitrogen and oxygen atoms in total. The summed E-state index contributed by atoms with van der Waals surface area (Å²) in [7, 11) is 1.25. The van der Waals surface area contributed by atoms with Crippen LogP contribution >= 0.6 is 15.9 Å². The highest BCUT2D eigenvalue weighted by molar-refractivity contribution is 9.10. The molecule has 0 radical (unpaired) electrons. The van der Waals surface area contributed by atoms with E-state index in [4.69, 9.17) is 0 Å². The number of ether oxygens (including phenoxy) is 1. The van der Waals surface area contributed by atoms with Crippen LogP contribution in [0.1, 0.15) is 18.1 Å². The van der Waals surface area contributed by atoms with E-state index >= 15 is 0 Å². The number of aliphatic hydroxyl groups excluding tert-OH is 1. The predicted octanol–water partition coefficient (Wildman–Crippen LogP) is 1.75. The van der Waals surface area contributed by atoms with Gasteiger partial charge in [-0.2, -0.15) is 0 Å². The fourth-order valence-electron chi connectivity index (χ4n) is 1.15. The summed E-state index contributed by atoms with van der Waals surface area (Å²) in [6.07, 6.45) is -1.24. The van der Waals surface area contributed by atoms with Crippen LogP contribution in [0, 0.1) is 0 Å². The molecule has 5 heteroatoms. The number of methoxy groups -OCH3 is 1. The van der Waals surface area contributed by atoms with E-state index in [9.17, 15) is 15.0 Å². The largest absolute Gasteiger partial charge is 0.506 e. The number of carbonyl (C=O) groups is 1. The molecule has 0 unspecified atom stereocenters. The fraction of sp³-hybridized carbons (Fsp3) is 0.300. The first-order chi connectivity index (χ1) is 7.06. The SMILES string of the molecule is COC(=O)C[C@@H](O)c1cccc(Br)c1O. The number of para-hydroxylation sites is 1. The molecule has 0 fully saturated rings. The standard InChI is InChI=1S/C10H11BrO4/c1-15-9(13)5-8(12)6-3-2-4-7(11)10(6)14/h2-4,8,12,14H,5H2,1H3/t8-/m1/s1. The molecule has 15 heavy (non-hydrogen) atoms. The second-order valence-electron chi connectivity index (χ2n) is 2.97. The van der Waals surface area contributed by atoms with Crippen LogP contribution in [-0.2, 0) is 9.53 Å². The Kier molecular flexibility index (Phi) is 4.11. The van der Waals surface area contributed by atoms with Gasteiger partial charge in [-0.25, -0.2) is 0 Å². The number of phenolic OH excluding ortho intramolecular Hbond substituents is 1. The average Bonchev–Trinajstić information content (AvgIpc) is 2.21. The number of aromatic hydroxyl groups is 1. The third-order valence-electron chi connectivity index (χ3n) is 1.96. The van der Waals surface area contributed by atoms with Gasteiger partial charge in [-0.1, -0.05) is 12.1 Å². The Morgan fingerprint density at radius 3 is 2.87 bits per heavy atom. The number of hydrogen-bond acceptors (Lipinski definition) is 4. The average molecular weight is 275 g/mol. The van der Waals surface area contributed by atoms with Crippen LogP contribution in [0.4, 0.5) is 0 Å². The topological polar surface area (TPSA) is 66.8 Å². The molecule has 0 saturated carbocycles. The van der Waals surface area contributed by atoms with Gasteiger partial charge in [0, 0.05) is 5.56 Å². The molecule has 0 aliphatic carbocycles. The molecule has 0 heterocycles. The fourth-order valence-corrected chi connectivity index (χ4v) is 1.53. The van der Waals surface area contributed by atoms with Crippen molar-refractivity contribution in [2.45, 2.75) is 12.5 Å². The van der Waals surface area contributed by atoms with E-state index < -0.39 is 12.1 Å². The Morgan fingerprint density at radius 1 is 1.60 bits per heavy atom. The molecule has 1 aromatic carbocycles. The van der Waals surface area contributed by atoms with Crippen molar-refractivity contribution in [1.29, 1.82) is 0 Å². The monoisotopic (exact) mass is 274 g/mol. The number of carbonyl (C=O) groups excluding carboxylic acids is 1. The van der Waals surface area contributed by atoms with Crippen molar-refractivity contribution in [1.82, 2.24) is 0 Å². The normalized spacial score (nSPS) is 12.2. The van der Waals surface area contributed by atoms with Gasteiger partial charge in [0.2, 0.25) is 0 Å². The summed E-state index contributed by atoms with van der Waals surface area (Å²) in [5.74, 6) is -0.587. The van der Waals surface area contributed by atoms with Crippen molar-refractivity contribution in [3.63, 3.8) is 0 Å². The smallest absolute Gasteiger partial charge is 0.308 e. The van der Waals surface area contributed by atoms with Crippen LogP contribution in [0.3, 0.4) is 0 Å². The minimum absolute atomic E-state index is 0.0612.